The molecule has 5 heteroatoms. The molecule has 106 valence electrons. The number of aryl methyl sites for hydroxylation is 2. The van der Waals surface area contributed by atoms with Gasteiger partial charge < -0.3 is 4.74 Å². The Balaban J connectivity index is 2.35. The van der Waals surface area contributed by atoms with Crippen molar-refractivity contribution < 1.29 is 4.74 Å². The minimum absolute atomic E-state index is 0.289. The fourth-order valence-electron chi connectivity index (χ4n) is 2.41. The first-order valence-corrected chi connectivity index (χ1v) is 6.61. The monoisotopic (exact) mass is 281 g/mol. The van der Waals surface area contributed by atoms with Crippen LogP contribution in [0.3, 0.4) is 0 Å². The molecule has 0 saturated carbocycles. The molecule has 0 amide bonds. The van der Waals surface area contributed by atoms with Gasteiger partial charge in [0.25, 0.3) is 0 Å². The van der Waals surface area contributed by atoms with Gasteiger partial charge >= 0.3 is 0 Å². The van der Waals surface area contributed by atoms with E-state index in [-0.39, 0.29) is 5.82 Å². The molecule has 0 unspecified atom stereocenters. The lowest BCUT2D eigenvalue weighted by Gasteiger charge is -2.07. The van der Waals surface area contributed by atoms with E-state index in [1.54, 1.807) is 11.5 Å². The maximum Gasteiger partial charge on any atom is 0.209 e. The summed E-state index contributed by atoms with van der Waals surface area (Å²) in [6.45, 7) is 3.94. The average Bonchev–Trinajstić information content (AvgIpc) is 2.84. The second-order valence-corrected chi connectivity index (χ2v) is 5.01. The number of nitrogens with zero attached hydrogens (tertiary/aromatic N) is 3. The van der Waals surface area contributed by atoms with Crippen molar-refractivity contribution in [2.75, 3.05) is 7.11 Å². The van der Waals surface area contributed by atoms with Gasteiger partial charge in [-0.1, -0.05) is 17.7 Å². The second-order valence-electron chi connectivity index (χ2n) is 5.01. The van der Waals surface area contributed by atoms with Gasteiger partial charge in [0, 0.05) is 11.8 Å². The molecule has 2 aromatic heterocycles. The molecular weight excluding hydrogens is 266 g/mol. The number of nitroso groups, excluding NO2 is 1. The number of ether oxygens (including phenoxy) is 1. The molecule has 0 aliphatic rings. The molecule has 5 nitrogen and oxygen atoms in total. The summed E-state index contributed by atoms with van der Waals surface area (Å²) < 4.78 is 7.09. The fourth-order valence-corrected chi connectivity index (χ4v) is 2.41. The summed E-state index contributed by atoms with van der Waals surface area (Å²) in [5, 5.41) is 3.18. The lowest BCUT2D eigenvalue weighted by atomic mass is 10.1. The number of imidazole rings is 1. The summed E-state index contributed by atoms with van der Waals surface area (Å²) >= 11 is 0. The summed E-state index contributed by atoms with van der Waals surface area (Å²) in [5.41, 5.74) is 4.10. The Morgan fingerprint density at radius 2 is 1.90 bits per heavy atom. The number of benzene rings is 1. The van der Waals surface area contributed by atoms with E-state index in [1.165, 1.54) is 0 Å². The van der Waals surface area contributed by atoms with Gasteiger partial charge in [0.05, 0.1) is 7.11 Å². The Morgan fingerprint density at radius 1 is 1.14 bits per heavy atom. The van der Waals surface area contributed by atoms with Crippen molar-refractivity contribution >= 4 is 11.5 Å². The van der Waals surface area contributed by atoms with Gasteiger partial charge in [-0.05, 0) is 42.8 Å². The zero-order valence-corrected chi connectivity index (χ0v) is 12.1. The third-order valence-corrected chi connectivity index (χ3v) is 3.44. The zero-order valence-electron chi connectivity index (χ0n) is 12.1. The van der Waals surface area contributed by atoms with Crippen LogP contribution in [0.4, 0.5) is 5.82 Å². The van der Waals surface area contributed by atoms with Crippen molar-refractivity contribution in [3.05, 3.63) is 52.6 Å². The van der Waals surface area contributed by atoms with Crippen molar-refractivity contribution in [2.24, 2.45) is 5.18 Å². The van der Waals surface area contributed by atoms with Crippen LogP contribution in [0.15, 0.2) is 41.7 Å². The highest BCUT2D eigenvalue weighted by molar-refractivity contribution is 5.79. The quantitative estimate of drug-likeness (QED) is 0.681. The van der Waals surface area contributed by atoms with Crippen LogP contribution in [-0.2, 0) is 0 Å². The lowest BCUT2D eigenvalue weighted by Crippen LogP contribution is -1.89. The van der Waals surface area contributed by atoms with Crippen molar-refractivity contribution in [1.29, 1.82) is 0 Å². The molecule has 0 spiro atoms. The van der Waals surface area contributed by atoms with Gasteiger partial charge in [0.2, 0.25) is 5.82 Å². The Labute approximate surface area is 122 Å². The van der Waals surface area contributed by atoms with Crippen molar-refractivity contribution in [2.45, 2.75) is 13.8 Å². The molecule has 2 heterocycles. The van der Waals surface area contributed by atoms with Gasteiger partial charge in [-0.2, -0.15) is 0 Å². The molecule has 0 aliphatic heterocycles. The number of rotatable bonds is 3. The first kappa shape index (κ1) is 13.3. The Kier molecular flexibility index (Phi) is 3.17. The third kappa shape index (κ3) is 2.16. The molecule has 3 rings (SSSR count). The summed E-state index contributed by atoms with van der Waals surface area (Å²) in [6.07, 6.45) is 1.85. The second kappa shape index (κ2) is 5.01. The Bertz CT molecular complexity index is 837. The van der Waals surface area contributed by atoms with E-state index < -0.39 is 0 Å². The Hall–Kier alpha value is -2.69. The number of hydrogen-bond acceptors (Lipinski definition) is 4. The predicted molar refractivity (Wildman–Crippen MR) is 82.1 cm³/mol. The summed E-state index contributed by atoms with van der Waals surface area (Å²) in [5.74, 6) is 0.961. The number of aromatic nitrogens is 2. The summed E-state index contributed by atoms with van der Waals surface area (Å²) in [7, 11) is 1.60. The SMILES string of the molecule is COc1ccc(C)cc1-c1nc2ccc(C)cn2c1N=O. The Morgan fingerprint density at radius 3 is 2.62 bits per heavy atom. The van der Waals surface area contributed by atoms with Gasteiger partial charge in [0.1, 0.15) is 17.1 Å². The molecule has 0 saturated heterocycles. The molecule has 0 N–H and O–H groups in total. The maximum atomic E-state index is 11.3. The molecule has 0 fully saturated rings. The maximum absolute atomic E-state index is 11.3. The molecular formula is C16H15N3O2. The molecule has 0 atom stereocenters. The molecule has 21 heavy (non-hydrogen) atoms. The smallest absolute Gasteiger partial charge is 0.209 e. The van der Waals surface area contributed by atoms with Crippen LogP contribution in [-0.4, -0.2) is 16.5 Å². The highest BCUT2D eigenvalue weighted by Crippen LogP contribution is 2.37. The minimum Gasteiger partial charge on any atom is -0.496 e. The van der Waals surface area contributed by atoms with E-state index >= 15 is 0 Å². The highest BCUT2D eigenvalue weighted by atomic mass is 16.5. The first-order chi connectivity index (χ1) is 10.1. The van der Waals surface area contributed by atoms with Crippen LogP contribution in [0, 0.1) is 18.8 Å². The standard InChI is InChI=1S/C16H15N3O2/c1-10-4-6-13(21-3)12(8-10)15-16(18-20)19-9-11(2)5-7-14(19)17-15/h4-9H,1-3H3. The molecule has 3 aromatic rings. The van der Waals surface area contributed by atoms with E-state index in [2.05, 4.69) is 10.2 Å². The van der Waals surface area contributed by atoms with Gasteiger partial charge in [0.15, 0.2) is 0 Å². The van der Waals surface area contributed by atoms with Crippen molar-refractivity contribution in [3.63, 3.8) is 0 Å². The summed E-state index contributed by atoms with van der Waals surface area (Å²) in [4.78, 5) is 15.9. The van der Waals surface area contributed by atoms with Gasteiger partial charge in [-0.25, -0.2) is 4.98 Å². The van der Waals surface area contributed by atoms with Gasteiger partial charge in [-0.15, -0.1) is 4.91 Å². The van der Waals surface area contributed by atoms with Crippen LogP contribution in [0.5, 0.6) is 5.75 Å². The van der Waals surface area contributed by atoms with E-state index in [9.17, 15) is 4.91 Å². The number of methoxy groups -OCH3 is 1. The average molecular weight is 281 g/mol. The van der Waals surface area contributed by atoms with Gasteiger partial charge in [-0.3, -0.25) is 4.40 Å². The number of pyridine rings is 1. The van der Waals surface area contributed by atoms with E-state index in [1.807, 2.05) is 50.4 Å². The van der Waals surface area contributed by atoms with E-state index in [4.69, 9.17) is 4.74 Å². The van der Waals surface area contributed by atoms with Crippen molar-refractivity contribution in [3.8, 4) is 17.0 Å². The zero-order chi connectivity index (χ0) is 15.0. The minimum atomic E-state index is 0.289. The number of hydrogen-bond donors (Lipinski definition) is 0. The predicted octanol–water partition coefficient (Wildman–Crippen LogP) is 4.02. The topological polar surface area (TPSA) is 56.0 Å². The number of fused-ring (bicyclic) bond motifs is 1. The highest BCUT2D eigenvalue weighted by Gasteiger charge is 2.18. The van der Waals surface area contributed by atoms with Crippen LogP contribution >= 0.6 is 0 Å². The van der Waals surface area contributed by atoms with Crippen LogP contribution in [0.2, 0.25) is 0 Å². The van der Waals surface area contributed by atoms with Crippen LogP contribution < -0.4 is 4.74 Å². The van der Waals surface area contributed by atoms with E-state index in [0.29, 0.717) is 17.1 Å². The largest absolute Gasteiger partial charge is 0.496 e. The first-order valence-electron chi connectivity index (χ1n) is 6.61. The molecule has 1 aromatic carbocycles. The van der Waals surface area contributed by atoms with E-state index in [0.717, 1.165) is 16.7 Å². The summed E-state index contributed by atoms with van der Waals surface area (Å²) in [6, 6.07) is 9.59. The third-order valence-electron chi connectivity index (χ3n) is 3.44. The fraction of sp³-hybridized carbons (Fsp3) is 0.188. The molecule has 0 bridgehead atoms. The lowest BCUT2D eigenvalue weighted by molar-refractivity contribution is 0.416. The van der Waals surface area contributed by atoms with Crippen LogP contribution in [0.25, 0.3) is 16.9 Å². The van der Waals surface area contributed by atoms with Crippen molar-refractivity contribution in [1.82, 2.24) is 9.38 Å². The van der Waals surface area contributed by atoms with Crippen LogP contribution in [0.1, 0.15) is 11.1 Å². The molecule has 0 aliphatic carbocycles. The normalized spacial score (nSPS) is 10.8. The molecule has 0 radical (unpaired) electrons.